The van der Waals surface area contributed by atoms with E-state index in [4.69, 9.17) is 0 Å². The summed E-state index contributed by atoms with van der Waals surface area (Å²) in [6.07, 6.45) is 5.33. The Hall–Kier alpha value is -0.950. The minimum Gasteiger partial charge on any atom is -0.314 e. The van der Waals surface area contributed by atoms with Gasteiger partial charge in [0.1, 0.15) is 11.6 Å². The van der Waals surface area contributed by atoms with E-state index in [1.807, 2.05) is 0 Å². The normalized spacial score (nSPS) is 26.0. The van der Waals surface area contributed by atoms with Crippen LogP contribution in [0.4, 0.5) is 0 Å². The monoisotopic (exact) mass is 284 g/mol. The van der Waals surface area contributed by atoms with E-state index in [1.54, 1.807) is 0 Å². The first-order valence-corrected chi connectivity index (χ1v) is 8.81. The van der Waals surface area contributed by atoms with Crippen molar-refractivity contribution in [1.82, 2.24) is 20.1 Å². The van der Waals surface area contributed by atoms with E-state index in [9.17, 15) is 8.42 Å². The lowest BCUT2D eigenvalue weighted by Crippen LogP contribution is -2.30. The highest BCUT2D eigenvalue weighted by Gasteiger charge is 2.27. The van der Waals surface area contributed by atoms with Gasteiger partial charge in [-0.2, -0.15) is 0 Å². The summed E-state index contributed by atoms with van der Waals surface area (Å²) >= 11 is 0. The van der Waals surface area contributed by atoms with Crippen LogP contribution in [0.5, 0.6) is 0 Å². The molecular formula is C12H20N4O2S. The van der Waals surface area contributed by atoms with Gasteiger partial charge in [0.05, 0.1) is 18.1 Å². The SMILES string of the molecule is O=S1(=O)CCC(NCc2nnc3n2CCCCC3)C1. The van der Waals surface area contributed by atoms with Crippen LogP contribution in [0, 0.1) is 0 Å². The number of sulfone groups is 1. The van der Waals surface area contributed by atoms with E-state index in [1.165, 1.54) is 19.3 Å². The number of hydrogen-bond donors (Lipinski definition) is 1. The third-order valence-electron chi connectivity index (χ3n) is 3.97. The van der Waals surface area contributed by atoms with Gasteiger partial charge >= 0.3 is 0 Å². The summed E-state index contributed by atoms with van der Waals surface area (Å²) in [5, 5.41) is 11.8. The summed E-state index contributed by atoms with van der Waals surface area (Å²) in [4.78, 5) is 0. The summed E-state index contributed by atoms with van der Waals surface area (Å²) in [6, 6.07) is 0.0729. The molecule has 2 aliphatic rings. The molecule has 1 unspecified atom stereocenters. The van der Waals surface area contributed by atoms with E-state index < -0.39 is 9.84 Å². The van der Waals surface area contributed by atoms with Crippen LogP contribution in [0.25, 0.3) is 0 Å². The number of nitrogens with zero attached hydrogens (tertiary/aromatic N) is 3. The minimum absolute atomic E-state index is 0.0729. The predicted molar refractivity (Wildman–Crippen MR) is 71.5 cm³/mol. The van der Waals surface area contributed by atoms with Gasteiger partial charge in [-0.15, -0.1) is 10.2 Å². The third kappa shape index (κ3) is 2.97. The molecule has 0 spiro atoms. The van der Waals surface area contributed by atoms with Crippen LogP contribution in [0.3, 0.4) is 0 Å². The number of rotatable bonds is 3. The van der Waals surface area contributed by atoms with Gasteiger partial charge < -0.3 is 9.88 Å². The highest BCUT2D eigenvalue weighted by atomic mass is 32.2. The Balaban J connectivity index is 1.63. The summed E-state index contributed by atoms with van der Waals surface area (Å²) in [5.41, 5.74) is 0. The Kier molecular flexibility index (Phi) is 3.58. The van der Waals surface area contributed by atoms with E-state index in [0.717, 1.165) is 24.6 Å². The van der Waals surface area contributed by atoms with Crippen LogP contribution in [-0.4, -0.2) is 40.7 Å². The fraction of sp³-hybridized carbons (Fsp3) is 0.833. The molecule has 1 saturated heterocycles. The smallest absolute Gasteiger partial charge is 0.151 e. The van der Waals surface area contributed by atoms with Crippen molar-refractivity contribution in [2.75, 3.05) is 11.5 Å². The highest BCUT2D eigenvalue weighted by Crippen LogP contribution is 2.15. The lowest BCUT2D eigenvalue weighted by atomic mass is 10.2. The lowest BCUT2D eigenvalue weighted by molar-refractivity contribution is 0.516. The summed E-state index contributed by atoms with van der Waals surface area (Å²) in [6.45, 7) is 1.61. The first kappa shape index (κ1) is 13.1. The number of aromatic nitrogens is 3. The maximum absolute atomic E-state index is 11.4. The molecule has 1 atom stereocenters. The quantitative estimate of drug-likeness (QED) is 0.863. The topological polar surface area (TPSA) is 76.9 Å². The second-order valence-corrected chi connectivity index (χ2v) is 7.70. The van der Waals surface area contributed by atoms with Gasteiger partial charge in [0.25, 0.3) is 0 Å². The van der Waals surface area contributed by atoms with Crippen molar-refractivity contribution >= 4 is 9.84 Å². The minimum atomic E-state index is -2.81. The summed E-state index contributed by atoms with van der Waals surface area (Å²) < 4.78 is 25.0. The molecule has 0 aromatic carbocycles. The highest BCUT2D eigenvalue weighted by molar-refractivity contribution is 7.91. The first-order chi connectivity index (χ1) is 9.14. The molecule has 1 aromatic heterocycles. The van der Waals surface area contributed by atoms with Crippen molar-refractivity contribution in [1.29, 1.82) is 0 Å². The van der Waals surface area contributed by atoms with E-state index in [2.05, 4.69) is 20.1 Å². The zero-order valence-corrected chi connectivity index (χ0v) is 11.8. The molecule has 0 amide bonds. The van der Waals surface area contributed by atoms with Crippen LogP contribution in [0.1, 0.15) is 37.3 Å². The molecule has 6 nitrogen and oxygen atoms in total. The van der Waals surface area contributed by atoms with Gasteiger partial charge in [-0.05, 0) is 19.3 Å². The van der Waals surface area contributed by atoms with Crippen LogP contribution in [0.2, 0.25) is 0 Å². The van der Waals surface area contributed by atoms with E-state index >= 15 is 0 Å². The predicted octanol–water partition coefficient (Wildman–Crippen LogP) is 0.281. The molecule has 0 saturated carbocycles. The number of hydrogen-bond acceptors (Lipinski definition) is 5. The summed E-state index contributed by atoms with van der Waals surface area (Å²) in [7, 11) is -2.81. The molecule has 19 heavy (non-hydrogen) atoms. The molecule has 106 valence electrons. The van der Waals surface area contributed by atoms with Crippen molar-refractivity contribution < 1.29 is 8.42 Å². The van der Waals surface area contributed by atoms with Crippen molar-refractivity contribution in [3.05, 3.63) is 11.6 Å². The van der Waals surface area contributed by atoms with Crippen molar-refractivity contribution in [2.24, 2.45) is 0 Å². The second-order valence-electron chi connectivity index (χ2n) is 5.48. The van der Waals surface area contributed by atoms with Gasteiger partial charge in [0.15, 0.2) is 9.84 Å². The second kappa shape index (κ2) is 5.20. The van der Waals surface area contributed by atoms with Crippen LogP contribution >= 0.6 is 0 Å². The molecule has 2 aliphatic heterocycles. The Morgan fingerprint density at radius 3 is 2.95 bits per heavy atom. The van der Waals surface area contributed by atoms with Crippen molar-refractivity contribution in [3.8, 4) is 0 Å². The standard InChI is InChI=1S/C12H20N4O2S/c17-19(18)7-5-10(9-19)13-8-12-15-14-11-4-2-1-3-6-16(11)12/h10,13H,1-9H2. The Morgan fingerprint density at radius 1 is 1.26 bits per heavy atom. The fourth-order valence-corrected chi connectivity index (χ4v) is 4.58. The molecular weight excluding hydrogens is 264 g/mol. The molecule has 7 heteroatoms. The van der Waals surface area contributed by atoms with Gasteiger partial charge in [-0.25, -0.2) is 8.42 Å². The molecule has 3 rings (SSSR count). The zero-order valence-electron chi connectivity index (χ0n) is 11.0. The zero-order chi connectivity index (χ0) is 13.3. The maximum atomic E-state index is 11.4. The van der Waals surface area contributed by atoms with Crippen LogP contribution < -0.4 is 5.32 Å². The molecule has 0 aliphatic carbocycles. The Bertz CT molecular complexity index is 552. The fourth-order valence-electron chi connectivity index (χ4n) is 2.87. The van der Waals surface area contributed by atoms with E-state index in [-0.39, 0.29) is 11.8 Å². The van der Waals surface area contributed by atoms with Crippen molar-refractivity contribution in [3.63, 3.8) is 0 Å². The molecule has 1 aromatic rings. The van der Waals surface area contributed by atoms with Gasteiger partial charge in [0.2, 0.25) is 0 Å². The molecule has 3 heterocycles. The Labute approximate surface area is 113 Å². The van der Waals surface area contributed by atoms with E-state index in [0.29, 0.717) is 18.7 Å². The number of aryl methyl sites for hydroxylation is 1. The van der Waals surface area contributed by atoms with Crippen LogP contribution in [0.15, 0.2) is 0 Å². The molecule has 0 radical (unpaired) electrons. The first-order valence-electron chi connectivity index (χ1n) is 6.99. The van der Waals surface area contributed by atoms with Gasteiger partial charge in [-0.3, -0.25) is 0 Å². The molecule has 0 bridgehead atoms. The van der Waals surface area contributed by atoms with Crippen molar-refractivity contribution in [2.45, 2.75) is 51.2 Å². The number of fused-ring (bicyclic) bond motifs is 1. The Morgan fingerprint density at radius 2 is 2.16 bits per heavy atom. The van der Waals surface area contributed by atoms with Gasteiger partial charge in [0, 0.05) is 19.0 Å². The molecule has 1 fully saturated rings. The summed E-state index contributed by atoms with van der Waals surface area (Å²) in [5.74, 6) is 2.59. The third-order valence-corrected chi connectivity index (χ3v) is 5.74. The average Bonchev–Trinajstić information content (AvgIpc) is 2.82. The lowest BCUT2D eigenvalue weighted by Gasteiger charge is -2.11. The molecule has 1 N–H and O–H groups in total. The average molecular weight is 284 g/mol. The van der Waals surface area contributed by atoms with Crippen LogP contribution in [-0.2, 0) is 29.3 Å². The maximum Gasteiger partial charge on any atom is 0.151 e. The number of nitrogens with one attached hydrogen (secondary N) is 1. The largest absolute Gasteiger partial charge is 0.314 e. The van der Waals surface area contributed by atoms with Gasteiger partial charge in [-0.1, -0.05) is 6.42 Å².